The number of anilines is 3. The summed E-state index contributed by atoms with van der Waals surface area (Å²) < 4.78 is 5.41. The Morgan fingerprint density at radius 3 is 2.27 bits per heavy atom. The lowest BCUT2D eigenvalue weighted by atomic mass is 10.2. The first-order valence-electron chi connectivity index (χ1n) is 8.84. The number of morpholine rings is 1. The van der Waals surface area contributed by atoms with E-state index in [4.69, 9.17) is 4.74 Å². The fraction of sp³-hybridized carbons (Fsp3) is 0.444. The molecule has 0 saturated carbocycles. The van der Waals surface area contributed by atoms with Crippen LogP contribution in [0.15, 0.2) is 30.9 Å². The number of ether oxygens (including phenoxy) is 1. The van der Waals surface area contributed by atoms with Gasteiger partial charge >= 0.3 is 0 Å². The SMILES string of the molecule is N#Cc1ccncc1N1CCN(c2cc(N3CCOCC3)ncn2)CC1. The Hall–Kier alpha value is -2.92. The van der Waals surface area contributed by atoms with Crippen molar-refractivity contribution in [1.82, 2.24) is 15.0 Å². The Morgan fingerprint density at radius 2 is 1.58 bits per heavy atom. The second-order valence-corrected chi connectivity index (χ2v) is 6.31. The van der Waals surface area contributed by atoms with E-state index in [-0.39, 0.29) is 0 Å². The first kappa shape index (κ1) is 16.5. The normalized spacial score (nSPS) is 17.9. The molecule has 8 nitrogen and oxygen atoms in total. The highest BCUT2D eigenvalue weighted by Gasteiger charge is 2.21. The van der Waals surface area contributed by atoms with Gasteiger partial charge in [-0.1, -0.05) is 0 Å². The molecule has 0 spiro atoms. The van der Waals surface area contributed by atoms with E-state index in [9.17, 15) is 5.26 Å². The third kappa shape index (κ3) is 3.39. The van der Waals surface area contributed by atoms with E-state index < -0.39 is 0 Å². The standard InChI is InChI=1S/C18H21N7O/c19-12-15-1-2-20-13-16(15)23-3-5-24(6-4-23)17-11-18(22-14-21-17)25-7-9-26-10-8-25/h1-2,11,13-14H,3-10H2. The van der Waals surface area contributed by atoms with Crippen LogP contribution in [-0.4, -0.2) is 67.4 Å². The molecule has 2 aromatic rings. The third-order valence-corrected chi connectivity index (χ3v) is 4.84. The maximum absolute atomic E-state index is 9.29. The molecule has 2 aliphatic rings. The summed E-state index contributed by atoms with van der Waals surface area (Å²) in [6.07, 6.45) is 5.07. The Morgan fingerprint density at radius 1 is 0.923 bits per heavy atom. The number of nitrogens with zero attached hydrogens (tertiary/aromatic N) is 7. The lowest BCUT2D eigenvalue weighted by Gasteiger charge is -2.37. The fourth-order valence-electron chi connectivity index (χ4n) is 3.38. The minimum absolute atomic E-state index is 0.671. The van der Waals surface area contributed by atoms with Gasteiger partial charge in [-0.3, -0.25) is 4.98 Å². The van der Waals surface area contributed by atoms with Gasteiger partial charge in [-0.2, -0.15) is 5.26 Å². The van der Waals surface area contributed by atoms with E-state index in [1.54, 1.807) is 24.8 Å². The summed E-state index contributed by atoms with van der Waals surface area (Å²) in [5, 5.41) is 9.29. The summed E-state index contributed by atoms with van der Waals surface area (Å²) in [6, 6.07) is 6.07. The zero-order valence-electron chi connectivity index (χ0n) is 14.6. The maximum atomic E-state index is 9.29. The first-order valence-corrected chi connectivity index (χ1v) is 8.84. The van der Waals surface area contributed by atoms with Crippen LogP contribution in [0.4, 0.5) is 17.3 Å². The predicted molar refractivity (Wildman–Crippen MR) is 98.4 cm³/mol. The molecule has 2 aromatic heterocycles. The summed E-state index contributed by atoms with van der Waals surface area (Å²) in [6.45, 7) is 6.56. The monoisotopic (exact) mass is 351 g/mol. The van der Waals surface area contributed by atoms with Crippen LogP contribution in [0.5, 0.6) is 0 Å². The van der Waals surface area contributed by atoms with Gasteiger partial charge in [0.05, 0.1) is 30.7 Å². The van der Waals surface area contributed by atoms with Gasteiger partial charge in [0.15, 0.2) is 0 Å². The number of hydrogen-bond donors (Lipinski definition) is 0. The van der Waals surface area contributed by atoms with Crippen LogP contribution in [-0.2, 0) is 4.74 Å². The average molecular weight is 351 g/mol. The number of aromatic nitrogens is 3. The van der Waals surface area contributed by atoms with Gasteiger partial charge in [-0.15, -0.1) is 0 Å². The quantitative estimate of drug-likeness (QED) is 0.807. The minimum atomic E-state index is 0.671. The van der Waals surface area contributed by atoms with Crippen molar-refractivity contribution in [3.63, 3.8) is 0 Å². The van der Waals surface area contributed by atoms with Crippen molar-refractivity contribution in [1.29, 1.82) is 5.26 Å². The van der Waals surface area contributed by atoms with Gasteiger partial charge < -0.3 is 19.4 Å². The van der Waals surface area contributed by atoms with E-state index in [1.165, 1.54) is 0 Å². The Labute approximate surface area is 152 Å². The van der Waals surface area contributed by atoms with Gasteiger partial charge in [0, 0.05) is 51.5 Å². The highest BCUT2D eigenvalue weighted by atomic mass is 16.5. The van der Waals surface area contributed by atoms with Crippen LogP contribution in [0.25, 0.3) is 0 Å². The van der Waals surface area contributed by atoms with Crippen molar-refractivity contribution in [2.45, 2.75) is 0 Å². The molecule has 134 valence electrons. The number of pyridine rings is 1. The van der Waals surface area contributed by atoms with Crippen LogP contribution < -0.4 is 14.7 Å². The second kappa shape index (κ2) is 7.54. The molecule has 4 rings (SSSR count). The predicted octanol–water partition coefficient (Wildman–Crippen LogP) is 0.906. The molecule has 0 N–H and O–H groups in total. The molecule has 2 saturated heterocycles. The topological polar surface area (TPSA) is 81.4 Å². The lowest BCUT2D eigenvalue weighted by molar-refractivity contribution is 0.122. The van der Waals surface area contributed by atoms with Crippen LogP contribution in [0.2, 0.25) is 0 Å². The molecule has 0 unspecified atom stereocenters. The van der Waals surface area contributed by atoms with Crippen LogP contribution in [0, 0.1) is 11.3 Å². The van der Waals surface area contributed by atoms with E-state index in [0.717, 1.165) is 69.8 Å². The van der Waals surface area contributed by atoms with E-state index in [2.05, 4.69) is 41.8 Å². The Kier molecular flexibility index (Phi) is 4.80. The van der Waals surface area contributed by atoms with Crippen molar-refractivity contribution >= 4 is 17.3 Å². The third-order valence-electron chi connectivity index (χ3n) is 4.84. The van der Waals surface area contributed by atoms with Crippen molar-refractivity contribution < 1.29 is 4.74 Å². The summed E-state index contributed by atoms with van der Waals surface area (Å²) in [7, 11) is 0. The van der Waals surface area contributed by atoms with Crippen molar-refractivity contribution in [2.24, 2.45) is 0 Å². The van der Waals surface area contributed by atoms with E-state index in [1.807, 2.05) is 0 Å². The first-order chi connectivity index (χ1) is 12.8. The highest BCUT2D eigenvalue weighted by molar-refractivity contribution is 5.59. The number of hydrogen-bond acceptors (Lipinski definition) is 8. The van der Waals surface area contributed by atoms with Crippen molar-refractivity contribution in [3.05, 3.63) is 36.4 Å². The molecular formula is C18H21N7O. The summed E-state index contributed by atoms with van der Waals surface area (Å²) >= 11 is 0. The molecule has 2 fully saturated rings. The fourth-order valence-corrected chi connectivity index (χ4v) is 3.38. The molecule has 8 heteroatoms. The number of piperazine rings is 1. The molecule has 0 radical (unpaired) electrons. The minimum Gasteiger partial charge on any atom is -0.378 e. The van der Waals surface area contributed by atoms with Gasteiger partial charge in [0.2, 0.25) is 0 Å². The van der Waals surface area contributed by atoms with E-state index in [0.29, 0.717) is 5.56 Å². The van der Waals surface area contributed by atoms with Crippen LogP contribution in [0.1, 0.15) is 5.56 Å². The molecule has 0 atom stereocenters. The molecule has 0 aromatic carbocycles. The molecular weight excluding hydrogens is 330 g/mol. The molecule has 0 bridgehead atoms. The molecule has 0 amide bonds. The largest absolute Gasteiger partial charge is 0.378 e. The van der Waals surface area contributed by atoms with Gasteiger partial charge in [0.1, 0.15) is 24.0 Å². The smallest absolute Gasteiger partial charge is 0.134 e. The highest BCUT2D eigenvalue weighted by Crippen LogP contribution is 2.23. The molecule has 0 aliphatic carbocycles. The van der Waals surface area contributed by atoms with Crippen LogP contribution >= 0.6 is 0 Å². The van der Waals surface area contributed by atoms with Gasteiger partial charge in [0.25, 0.3) is 0 Å². The summed E-state index contributed by atoms with van der Waals surface area (Å²) in [5.74, 6) is 1.91. The molecule has 4 heterocycles. The average Bonchev–Trinajstić information content (AvgIpc) is 2.74. The lowest BCUT2D eigenvalue weighted by Crippen LogP contribution is -2.47. The zero-order valence-corrected chi connectivity index (χ0v) is 14.6. The number of rotatable bonds is 3. The van der Waals surface area contributed by atoms with Crippen molar-refractivity contribution in [3.8, 4) is 6.07 Å². The Balaban J connectivity index is 1.44. The maximum Gasteiger partial charge on any atom is 0.134 e. The van der Waals surface area contributed by atoms with Crippen molar-refractivity contribution in [2.75, 3.05) is 67.2 Å². The second-order valence-electron chi connectivity index (χ2n) is 6.31. The molecule has 26 heavy (non-hydrogen) atoms. The van der Waals surface area contributed by atoms with Gasteiger partial charge in [-0.05, 0) is 6.07 Å². The summed E-state index contributed by atoms with van der Waals surface area (Å²) in [4.78, 5) is 19.8. The molecule has 2 aliphatic heterocycles. The van der Waals surface area contributed by atoms with Crippen LogP contribution in [0.3, 0.4) is 0 Å². The summed E-state index contributed by atoms with van der Waals surface area (Å²) in [5.41, 5.74) is 1.58. The Bertz CT molecular complexity index is 792. The number of nitriles is 1. The van der Waals surface area contributed by atoms with E-state index >= 15 is 0 Å². The van der Waals surface area contributed by atoms with Gasteiger partial charge in [-0.25, -0.2) is 9.97 Å². The zero-order chi connectivity index (χ0) is 17.8.